The first-order valence-electron chi connectivity index (χ1n) is 4.53. The van der Waals surface area contributed by atoms with Crippen LogP contribution < -0.4 is 10.2 Å². The van der Waals surface area contributed by atoms with E-state index in [0.717, 1.165) is 0 Å². The maximum atomic E-state index is 9.74. The van der Waals surface area contributed by atoms with E-state index in [-0.39, 0.29) is 38.7 Å². The van der Waals surface area contributed by atoms with Crippen LogP contribution in [-0.4, -0.2) is 89.9 Å². The first-order valence-corrected chi connectivity index (χ1v) is 4.53. The monoisotopic (exact) mass is 431 g/mol. The zero-order valence-corrected chi connectivity index (χ0v) is 13.0. The average Bonchev–Trinajstić information content (AvgIpc) is 2.35. The molecule has 4 atom stereocenters. The summed E-state index contributed by atoms with van der Waals surface area (Å²) in [5.74, 6) is -7.65. The largest absolute Gasteiger partial charge is 2.00 e. The van der Waals surface area contributed by atoms with Gasteiger partial charge in [-0.2, -0.15) is 0 Å². The summed E-state index contributed by atoms with van der Waals surface area (Å²) in [6, 6.07) is 0. The Morgan fingerprint density at radius 3 is 0.800 bits per heavy atom. The number of hydrogen-bond donors (Lipinski definition) is 6. The Kier molecular flexibility index (Phi) is 35.0. The molecule has 0 rings (SSSR count). The molecular weight excluding hydrogens is 411 g/mol. The van der Waals surface area contributed by atoms with Crippen molar-refractivity contribution in [3.05, 3.63) is 0 Å². The molecule has 0 spiro atoms. The van der Waals surface area contributed by atoms with Crippen molar-refractivity contribution >= 4 is 23.9 Å². The maximum absolute atomic E-state index is 9.74. The fourth-order valence-corrected chi connectivity index (χ4v) is 0.528. The number of carboxylic acid groups (broad SMARTS) is 4. The summed E-state index contributed by atoms with van der Waals surface area (Å²) in [7, 11) is 0. The van der Waals surface area contributed by atoms with Crippen LogP contribution in [0, 0.1) is 0 Å². The molecule has 0 bridgehead atoms. The Morgan fingerprint density at radius 1 is 0.600 bits per heavy atom. The second kappa shape index (κ2) is 20.1. The van der Waals surface area contributed by atoms with Crippen LogP contribution in [0.3, 0.4) is 0 Å². The first kappa shape index (κ1) is 43.5. The van der Waals surface area contributed by atoms with Crippen molar-refractivity contribution < 1.29 is 98.7 Å². The van der Waals surface area contributed by atoms with Crippen LogP contribution in [-0.2, 0) is 46.9 Å². The van der Waals surface area contributed by atoms with Gasteiger partial charge in [-0.25, -0.2) is 9.59 Å². The number of carboxylic acids is 4. The van der Waals surface area contributed by atoms with E-state index in [9.17, 15) is 29.4 Å². The van der Waals surface area contributed by atoms with Gasteiger partial charge in [-0.15, -0.1) is 0 Å². The standard InChI is InChI=1S/2C4H6O6.Co.4H2O/c2*5-1(3(7)8)2(6)4(9)10;;;;;/h2*1-2,5-6H,(H,7,8)(H,9,10);;4*1H2/q;;+2;;;;/t2*1-,2-;;;;;/m11...../s1. The summed E-state index contributed by atoms with van der Waals surface area (Å²) in [4.78, 5) is 38.8. The van der Waals surface area contributed by atoms with E-state index in [4.69, 9.17) is 30.6 Å². The summed E-state index contributed by atoms with van der Waals surface area (Å²) in [5.41, 5.74) is 0. The van der Waals surface area contributed by atoms with Gasteiger partial charge in [0.2, 0.25) is 0 Å². The molecule has 0 aliphatic carbocycles. The topological polar surface area (TPSA) is 365 Å². The third kappa shape index (κ3) is 18.2. The molecule has 0 amide bonds. The van der Waals surface area contributed by atoms with E-state index in [1.165, 1.54) is 0 Å². The van der Waals surface area contributed by atoms with Crippen molar-refractivity contribution in [2.45, 2.75) is 24.4 Å². The van der Waals surface area contributed by atoms with Crippen molar-refractivity contribution in [1.29, 1.82) is 0 Å². The molecule has 1 radical (unpaired) electrons. The molecule has 0 saturated heterocycles. The van der Waals surface area contributed by atoms with Crippen LogP contribution in [0.4, 0.5) is 0 Å². The molecule has 0 unspecified atom stereocenters. The molecule has 17 heteroatoms. The van der Waals surface area contributed by atoms with Crippen LogP contribution in [0.15, 0.2) is 0 Å². The van der Waals surface area contributed by atoms with Gasteiger partial charge in [-0.1, -0.05) is 0 Å². The molecule has 0 aliphatic heterocycles. The summed E-state index contributed by atoms with van der Waals surface area (Å²) in [5, 5.41) is 68.3. The fourth-order valence-electron chi connectivity index (χ4n) is 0.528. The Bertz CT molecular complexity index is 312. The molecule has 16 nitrogen and oxygen atoms in total. The number of hydrogen-bond acceptors (Lipinski definition) is 10. The minimum absolute atomic E-state index is 0. The van der Waals surface area contributed by atoms with E-state index < -0.39 is 48.3 Å². The summed E-state index contributed by atoms with van der Waals surface area (Å²) >= 11 is 0. The SMILES string of the molecule is O.O.O=C([O-])[C@H](O)[C@@H](O)C(=O)O.O=C([O-])[C@H](O)[C@@H](O)C(=O)O.[Co+2].[OH3+].[OH3+]. The molecule has 155 valence electrons. The molecule has 0 fully saturated rings. The van der Waals surface area contributed by atoms with E-state index in [0.29, 0.717) is 0 Å². The van der Waals surface area contributed by atoms with Crippen LogP contribution in [0.25, 0.3) is 0 Å². The predicted molar refractivity (Wildman–Crippen MR) is 66.3 cm³/mol. The van der Waals surface area contributed by atoms with Gasteiger partial charge >= 0.3 is 28.7 Å². The molecule has 0 aliphatic rings. The zero-order valence-electron chi connectivity index (χ0n) is 11.9. The van der Waals surface area contributed by atoms with Crippen LogP contribution in [0.2, 0.25) is 0 Å². The van der Waals surface area contributed by atoms with E-state index >= 15 is 0 Å². The van der Waals surface area contributed by atoms with Crippen LogP contribution >= 0.6 is 0 Å². The fraction of sp³-hybridized carbons (Fsp3) is 0.500. The molecule has 0 aromatic heterocycles. The molecule has 25 heavy (non-hydrogen) atoms. The summed E-state index contributed by atoms with van der Waals surface area (Å²) in [6.07, 6.45) is -9.41. The molecular formula is C8H20CoO16+2. The van der Waals surface area contributed by atoms with Gasteiger partial charge in [-0.3, -0.25) is 0 Å². The molecule has 16 N–H and O–H groups in total. The van der Waals surface area contributed by atoms with Gasteiger partial charge in [0.05, 0.1) is 11.9 Å². The van der Waals surface area contributed by atoms with Gasteiger partial charge in [0.1, 0.15) is 12.2 Å². The molecule has 0 aromatic carbocycles. The number of rotatable bonds is 6. The van der Waals surface area contributed by atoms with Crippen molar-refractivity contribution in [3.8, 4) is 0 Å². The number of aliphatic hydroxyl groups excluding tert-OH is 4. The number of aliphatic carboxylic acids is 4. The van der Waals surface area contributed by atoms with Gasteiger partial charge in [-0.05, 0) is 0 Å². The minimum Gasteiger partial charge on any atom is -0.547 e. The van der Waals surface area contributed by atoms with Crippen molar-refractivity contribution in [1.82, 2.24) is 0 Å². The average molecular weight is 431 g/mol. The minimum atomic E-state index is -2.38. The third-order valence-electron chi connectivity index (χ3n) is 1.59. The van der Waals surface area contributed by atoms with Gasteiger partial charge in [0, 0.05) is 0 Å². The van der Waals surface area contributed by atoms with Crippen molar-refractivity contribution in [2.24, 2.45) is 0 Å². The quantitative estimate of drug-likeness (QED) is 0.213. The van der Waals surface area contributed by atoms with Crippen molar-refractivity contribution in [2.75, 3.05) is 0 Å². The summed E-state index contributed by atoms with van der Waals surface area (Å²) < 4.78 is 0. The van der Waals surface area contributed by atoms with E-state index in [1.807, 2.05) is 0 Å². The predicted octanol–water partition coefficient (Wildman–Crippen LogP) is -10.4. The normalized spacial score (nSPS) is 12.6. The van der Waals surface area contributed by atoms with Gasteiger partial charge < -0.3 is 72.3 Å². The number of aliphatic hydroxyl groups is 4. The second-order valence-corrected chi connectivity index (χ2v) is 3.09. The first-order chi connectivity index (χ1) is 8.93. The van der Waals surface area contributed by atoms with Crippen LogP contribution in [0.5, 0.6) is 0 Å². The van der Waals surface area contributed by atoms with Crippen molar-refractivity contribution in [3.63, 3.8) is 0 Å². The third-order valence-corrected chi connectivity index (χ3v) is 1.59. The Hall–Kier alpha value is -1.93. The molecule has 0 aromatic rings. The van der Waals surface area contributed by atoms with Gasteiger partial charge in [0.25, 0.3) is 0 Å². The number of carbonyl (C=O) groups excluding carboxylic acids is 2. The van der Waals surface area contributed by atoms with E-state index in [1.54, 1.807) is 0 Å². The Labute approximate surface area is 148 Å². The molecule has 0 saturated carbocycles. The van der Waals surface area contributed by atoms with Gasteiger partial charge in [0.15, 0.2) is 12.2 Å². The maximum Gasteiger partial charge on any atom is 2.00 e. The Balaban J connectivity index is -0.0000000432. The number of carbonyl (C=O) groups is 4. The Morgan fingerprint density at radius 2 is 0.760 bits per heavy atom. The zero-order chi connectivity index (χ0) is 16.6. The van der Waals surface area contributed by atoms with E-state index in [2.05, 4.69) is 0 Å². The molecule has 0 heterocycles. The smallest absolute Gasteiger partial charge is 0.547 e. The van der Waals surface area contributed by atoms with Crippen LogP contribution in [0.1, 0.15) is 0 Å². The summed E-state index contributed by atoms with van der Waals surface area (Å²) in [6.45, 7) is 0. The second-order valence-electron chi connectivity index (χ2n) is 3.09.